The molecule has 1 aliphatic carbocycles. The van der Waals surface area contributed by atoms with Gasteiger partial charge < -0.3 is 19.3 Å². The average Bonchev–Trinajstić information content (AvgIpc) is 3.11. The molecule has 4 rings (SSSR count). The van der Waals surface area contributed by atoms with Crippen LogP contribution in [-0.2, 0) is 0 Å². The molecule has 25 heavy (non-hydrogen) atoms. The molecule has 1 heterocycles. The summed E-state index contributed by atoms with van der Waals surface area (Å²) >= 11 is 0. The summed E-state index contributed by atoms with van der Waals surface area (Å²) in [6, 6.07) is 12.0. The molecule has 4 atom stereocenters. The zero-order valence-corrected chi connectivity index (χ0v) is 14.4. The Bertz CT molecular complexity index is 796. The van der Waals surface area contributed by atoms with Gasteiger partial charge in [-0.15, -0.1) is 6.58 Å². The number of allylic oxidation sites excluding steroid dienone is 1. The second-order valence-electron chi connectivity index (χ2n) is 6.70. The average molecular weight is 338 g/mol. The first-order valence-corrected chi connectivity index (χ1v) is 8.52. The van der Waals surface area contributed by atoms with Crippen LogP contribution in [0.5, 0.6) is 17.2 Å². The Labute approximate surface area is 147 Å². The molecule has 0 fully saturated rings. The Hall–Kier alpha value is -2.46. The quantitative estimate of drug-likeness (QED) is 0.858. The van der Waals surface area contributed by atoms with Crippen molar-refractivity contribution >= 4 is 0 Å². The van der Waals surface area contributed by atoms with Crippen molar-refractivity contribution in [1.82, 2.24) is 0 Å². The van der Waals surface area contributed by atoms with Gasteiger partial charge >= 0.3 is 0 Å². The number of aliphatic hydroxyl groups excluding tert-OH is 1. The predicted octanol–water partition coefficient (Wildman–Crippen LogP) is 4.04. The molecule has 1 N–H and O–H groups in total. The zero-order chi connectivity index (χ0) is 17.6. The predicted molar refractivity (Wildman–Crippen MR) is 95.2 cm³/mol. The van der Waals surface area contributed by atoms with Crippen LogP contribution in [0.1, 0.15) is 35.6 Å². The lowest BCUT2D eigenvalue weighted by molar-refractivity contribution is 0.0773. The Kier molecular flexibility index (Phi) is 3.92. The maximum Gasteiger partial charge on any atom is 0.231 e. The highest BCUT2D eigenvalue weighted by Crippen LogP contribution is 2.52. The fourth-order valence-corrected chi connectivity index (χ4v) is 4.07. The Morgan fingerprint density at radius 3 is 2.36 bits per heavy atom. The zero-order valence-electron chi connectivity index (χ0n) is 14.4. The molecule has 0 amide bonds. The summed E-state index contributed by atoms with van der Waals surface area (Å²) in [5, 5.41) is 10.8. The van der Waals surface area contributed by atoms with Crippen LogP contribution < -0.4 is 14.2 Å². The second-order valence-corrected chi connectivity index (χ2v) is 6.70. The van der Waals surface area contributed by atoms with E-state index in [0.717, 1.165) is 22.6 Å². The Morgan fingerprint density at radius 2 is 1.76 bits per heavy atom. The Morgan fingerprint density at radius 1 is 1.12 bits per heavy atom. The van der Waals surface area contributed by atoms with E-state index in [9.17, 15) is 5.11 Å². The molecule has 0 saturated heterocycles. The van der Waals surface area contributed by atoms with E-state index in [2.05, 4.69) is 25.6 Å². The number of fused-ring (bicyclic) bond motifs is 2. The van der Waals surface area contributed by atoms with E-state index in [0.29, 0.717) is 5.75 Å². The normalized spacial score (nSPS) is 26.8. The molecule has 0 radical (unpaired) electrons. The number of benzene rings is 2. The van der Waals surface area contributed by atoms with E-state index in [1.54, 1.807) is 7.11 Å². The van der Waals surface area contributed by atoms with Crippen molar-refractivity contribution in [3.63, 3.8) is 0 Å². The number of aliphatic hydroxyl groups is 1. The van der Waals surface area contributed by atoms with Gasteiger partial charge in [0.25, 0.3) is 0 Å². The first-order valence-electron chi connectivity index (χ1n) is 8.52. The van der Waals surface area contributed by atoms with Crippen molar-refractivity contribution in [2.75, 3.05) is 13.9 Å². The van der Waals surface area contributed by atoms with Gasteiger partial charge in [-0.05, 0) is 52.8 Å². The van der Waals surface area contributed by atoms with Gasteiger partial charge in [-0.3, -0.25) is 0 Å². The minimum absolute atomic E-state index is 0.0532. The van der Waals surface area contributed by atoms with E-state index >= 15 is 0 Å². The SMILES string of the molecule is C=C[C@H]1[C@H](c2ccc(OC)cc2)c2cc3c(cc2[C@@H](O)[C@H]1C)OCO3. The van der Waals surface area contributed by atoms with Gasteiger partial charge in [0.05, 0.1) is 13.2 Å². The van der Waals surface area contributed by atoms with Crippen molar-refractivity contribution in [2.24, 2.45) is 11.8 Å². The van der Waals surface area contributed by atoms with Crippen LogP contribution in [0.4, 0.5) is 0 Å². The minimum Gasteiger partial charge on any atom is -0.497 e. The van der Waals surface area contributed by atoms with Crippen LogP contribution in [-0.4, -0.2) is 19.0 Å². The van der Waals surface area contributed by atoms with E-state index in [1.807, 2.05) is 30.3 Å². The summed E-state index contributed by atoms with van der Waals surface area (Å²) in [5.41, 5.74) is 3.16. The summed E-state index contributed by atoms with van der Waals surface area (Å²) in [4.78, 5) is 0. The fraction of sp³-hybridized carbons (Fsp3) is 0.333. The summed E-state index contributed by atoms with van der Waals surface area (Å²) in [6.07, 6.45) is 1.40. The summed E-state index contributed by atoms with van der Waals surface area (Å²) < 4.78 is 16.4. The van der Waals surface area contributed by atoms with Crippen LogP contribution in [0.25, 0.3) is 0 Å². The first kappa shape index (κ1) is 16.0. The number of ether oxygens (including phenoxy) is 3. The van der Waals surface area contributed by atoms with Gasteiger partial charge in [-0.2, -0.15) is 0 Å². The van der Waals surface area contributed by atoms with Gasteiger partial charge in [0.15, 0.2) is 11.5 Å². The van der Waals surface area contributed by atoms with Crippen molar-refractivity contribution in [3.8, 4) is 17.2 Å². The van der Waals surface area contributed by atoms with Gasteiger partial charge in [0.1, 0.15) is 5.75 Å². The molecular weight excluding hydrogens is 316 g/mol. The van der Waals surface area contributed by atoms with Crippen molar-refractivity contribution in [3.05, 3.63) is 65.7 Å². The molecule has 1 aliphatic heterocycles. The maximum absolute atomic E-state index is 10.8. The molecule has 0 spiro atoms. The highest BCUT2D eigenvalue weighted by Gasteiger charge is 2.40. The standard InChI is InChI=1S/C21H22O4/c1-4-15-12(2)21(22)17-10-19-18(24-11-25-19)9-16(17)20(15)13-5-7-14(23-3)8-6-13/h4-10,12,15,20-22H,1,11H2,2-3H3/t12-,15+,20-,21-/m0/s1. The smallest absolute Gasteiger partial charge is 0.231 e. The van der Waals surface area contributed by atoms with Crippen LogP contribution in [0.15, 0.2) is 49.1 Å². The second kappa shape index (κ2) is 6.12. The molecule has 0 bridgehead atoms. The van der Waals surface area contributed by atoms with Crippen molar-refractivity contribution in [2.45, 2.75) is 18.9 Å². The lowest BCUT2D eigenvalue weighted by atomic mass is 9.66. The van der Waals surface area contributed by atoms with E-state index in [4.69, 9.17) is 14.2 Å². The topological polar surface area (TPSA) is 47.9 Å². The van der Waals surface area contributed by atoms with E-state index in [1.165, 1.54) is 5.56 Å². The van der Waals surface area contributed by atoms with Crippen molar-refractivity contribution < 1.29 is 19.3 Å². The third-order valence-electron chi connectivity index (χ3n) is 5.47. The minimum atomic E-state index is -0.554. The van der Waals surface area contributed by atoms with Gasteiger partial charge in [0, 0.05) is 5.92 Å². The summed E-state index contributed by atoms with van der Waals surface area (Å²) in [5.74, 6) is 2.55. The largest absolute Gasteiger partial charge is 0.497 e. The van der Waals surface area contributed by atoms with E-state index < -0.39 is 6.10 Å². The van der Waals surface area contributed by atoms with Crippen LogP contribution in [0.3, 0.4) is 0 Å². The molecule has 4 nitrogen and oxygen atoms in total. The molecule has 4 heteroatoms. The van der Waals surface area contributed by atoms with Gasteiger partial charge in [0.2, 0.25) is 6.79 Å². The van der Waals surface area contributed by atoms with Gasteiger partial charge in [-0.25, -0.2) is 0 Å². The Balaban J connectivity index is 1.88. The third-order valence-corrected chi connectivity index (χ3v) is 5.47. The monoisotopic (exact) mass is 338 g/mol. The lowest BCUT2D eigenvalue weighted by Gasteiger charge is -2.40. The number of hydrogen-bond acceptors (Lipinski definition) is 4. The van der Waals surface area contributed by atoms with E-state index in [-0.39, 0.29) is 24.5 Å². The highest BCUT2D eigenvalue weighted by molar-refractivity contribution is 5.54. The molecule has 0 aromatic heterocycles. The molecule has 0 unspecified atom stereocenters. The van der Waals surface area contributed by atoms with Gasteiger partial charge in [-0.1, -0.05) is 25.1 Å². The molecule has 2 aromatic carbocycles. The molecule has 2 aromatic rings. The molecule has 2 aliphatic rings. The molecule has 130 valence electrons. The fourth-order valence-electron chi connectivity index (χ4n) is 4.07. The van der Waals surface area contributed by atoms with Crippen molar-refractivity contribution in [1.29, 1.82) is 0 Å². The number of hydrogen-bond donors (Lipinski definition) is 1. The maximum atomic E-state index is 10.8. The molecule has 0 saturated carbocycles. The van der Waals surface area contributed by atoms with Crippen LogP contribution in [0.2, 0.25) is 0 Å². The third kappa shape index (κ3) is 2.48. The molecular formula is C21H22O4. The first-order chi connectivity index (χ1) is 12.1. The summed E-state index contributed by atoms with van der Waals surface area (Å²) in [6.45, 7) is 6.33. The highest BCUT2D eigenvalue weighted by atomic mass is 16.7. The van der Waals surface area contributed by atoms with Crippen LogP contribution in [0, 0.1) is 11.8 Å². The van der Waals surface area contributed by atoms with Crippen LogP contribution >= 0.6 is 0 Å². The number of rotatable bonds is 3. The number of methoxy groups -OCH3 is 1. The summed E-state index contributed by atoms with van der Waals surface area (Å²) in [7, 11) is 1.66. The lowest BCUT2D eigenvalue weighted by Crippen LogP contribution is -2.31.